The van der Waals surface area contributed by atoms with E-state index < -0.39 is 10.0 Å². The van der Waals surface area contributed by atoms with Gasteiger partial charge in [0.1, 0.15) is 5.75 Å². The Hall–Kier alpha value is -1.85. The van der Waals surface area contributed by atoms with Crippen molar-refractivity contribution in [2.75, 3.05) is 0 Å². The molecule has 0 fully saturated rings. The summed E-state index contributed by atoms with van der Waals surface area (Å²) in [4.78, 5) is 0.138. The molecule has 0 unspecified atom stereocenters. The molecule has 0 heterocycles. The number of rotatable bonds is 4. The molecule has 0 aliphatic heterocycles. The topological polar surface area (TPSA) is 66.4 Å². The Morgan fingerprint density at radius 3 is 2.32 bits per heavy atom. The monoisotopic (exact) mass is 277 g/mol. The molecule has 5 heteroatoms. The first-order chi connectivity index (χ1) is 8.99. The molecule has 0 aliphatic carbocycles. The van der Waals surface area contributed by atoms with Gasteiger partial charge in [0.05, 0.1) is 4.90 Å². The van der Waals surface area contributed by atoms with E-state index >= 15 is 0 Å². The van der Waals surface area contributed by atoms with E-state index in [0.29, 0.717) is 0 Å². The fourth-order valence-electron chi connectivity index (χ4n) is 1.69. The normalized spacial score (nSPS) is 11.4. The Morgan fingerprint density at radius 1 is 1.05 bits per heavy atom. The Kier molecular flexibility index (Phi) is 3.87. The van der Waals surface area contributed by atoms with Crippen LogP contribution < -0.4 is 4.72 Å². The smallest absolute Gasteiger partial charge is 0.240 e. The van der Waals surface area contributed by atoms with Crippen molar-refractivity contribution in [3.05, 3.63) is 59.7 Å². The van der Waals surface area contributed by atoms with E-state index in [0.717, 1.165) is 11.1 Å². The summed E-state index contributed by atoms with van der Waals surface area (Å²) in [5.41, 5.74) is 1.97. The molecule has 4 nitrogen and oxygen atoms in total. The van der Waals surface area contributed by atoms with E-state index in [4.69, 9.17) is 5.11 Å². The Bertz CT molecular complexity index is 663. The number of aromatic hydroxyl groups is 1. The number of nitrogens with one attached hydrogen (secondary N) is 1. The summed E-state index contributed by atoms with van der Waals surface area (Å²) in [6.07, 6.45) is 0. The first-order valence-electron chi connectivity index (χ1n) is 5.82. The van der Waals surface area contributed by atoms with E-state index in [1.54, 1.807) is 0 Å². The number of phenolic OH excluding ortho intramolecular Hbond substituents is 1. The highest BCUT2D eigenvalue weighted by Crippen LogP contribution is 2.15. The number of hydrogen-bond acceptors (Lipinski definition) is 3. The highest BCUT2D eigenvalue weighted by atomic mass is 32.2. The SMILES string of the molecule is Cc1ccccc1CNS(=O)(=O)c1ccc(O)cc1. The van der Waals surface area contributed by atoms with Crippen molar-refractivity contribution in [2.24, 2.45) is 0 Å². The predicted octanol–water partition coefficient (Wildman–Crippen LogP) is 2.18. The second-order valence-electron chi connectivity index (χ2n) is 4.24. The summed E-state index contributed by atoms with van der Waals surface area (Å²) in [6.45, 7) is 2.18. The summed E-state index contributed by atoms with van der Waals surface area (Å²) in [6, 6.07) is 13.0. The van der Waals surface area contributed by atoms with E-state index in [9.17, 15) is 8.42 Å². The van der Waals surface area contributed by atoms with Crippen LogP contribution >= 0.6 is 0 Å². The van der Waals surface area contributed by atoms with Crippen molar-refractivity contribution >= 4 is 10.0 Å². The molecule has 0 spiro atoms. The zero-order valence-corrected chi connectivity index (χ0v) is 11.3. The molecule has 0 aromatic heterocycles. The average Bonchev–Trinajstić information content (AvgIpc) is 2.38. The van der Waals surface area contributed by atoms with Gasteiger partial charge in [0, 0.05) is 6.54 Å². The molecule has 0 radical (unpaired) electrons. The Morgan fingerprint density at radius 2 is 1.68 bits per heavy atom. The van der Waals surface area contributed by atoms with Gasteiger partial charge in [-0.05, 0) is 42.3 Å². The lowest BCUT2D eigenvalue weighted by atomic mass is 10.1. The lowest BCUT2D eigenvalue weighted by molar-refractivity contribution is 0.474. The van der Waals surface area contributed by atoms with E-state index in [-0.39, 0.29) is 17.2 Å². The Labute approximate surface area is 112 Å². The van der Waals surface area contributed by atoms with Gasteiger partial charge < -0.3 is 5.11 Å². The number of sulfonamides is 1. The molecule has 0 bridgehead atoms. The molecule has 0 saturated heterocycles. The van der Waals surface area contributed by atoms with Crippen molar-refractivity contribution in [3.8, 4) is 5.75 Å². The molecule has 0 amide bonds. The highest BCUT2D eigenvalue weighted by molar-refractivity contribution is 7.89. The van der Waals surface area contributed by atoms with E-state index in [1.807, 2.05) is 31.2 Å². The molecule has 2 aromatic carbocycles. The van der Waals surface area contributed by atoms with Crippen LogP contribution in [-0.2, 0) is 16.6 Å². The highest BCUT2D eigenvalue weighted by Gasteiger charge is 2.13. The van der Waals surface area contributed by atoms with Gasteiger partial charge in [0.2, 0.25) is 10.0 Å². The molecular weight excluding hydrogens is 262 g/mol. The summed E-state index contributed by atoms with van der Waals surface area (Å²) in [7, 11) is -3.55. The minimum atomic E-state index is -3.55. The third-order valence-electron chi connectivity index (χ3n) is 2.86. The standard InChI is InChI=1S/C14H15NO3S/c1-11-4-2-3-5-12(11)10-15-19(17,18)14-8-6-13(16)7-9-14/h2-9,15-16H,10H2,1H3. The lowest BCUT2D eigenvalue weighted by Gasteiger charge is -2.08. The minimum Gasteiger partial charge on any atom is -0.508 e. The number of aryl methyl sites for hydroxylation is 1. The van der Waals surface area contributed by atoms with Gasteiger partial charge in [-0.25, -0.2) is 13.1 Å². The van der Waals surface area contributed by atoms with Crippen molar-refractivity contribution < 1.29 is 13.5 Å². The van der Waals surface area contributed by atoms with Crippen molar-refractivity contribution in [1.82, 2.24) is 4.72 Å². The maximum atomic E-state index is 12.0. The van der Waals surface area contributed by atoms with Crippen molar-refractivity contribution in [1.29, 1.82) is 0 Å². The molecule has 100 valence electrons. The number of phenols is 1. The van der Waals surface area contributed by atoms with Crippen LogP contribution in [0.4, 0.5) is 0 Å². The van der Waals surface area contributed by atoms with Gasteiger partial charge in [-0.15, -0.1) is 0 Å². The largest absolute Gasteiger partial charge is 0.508 e. The zero-order valence-electron chi connectivity index (χ0n) is 10.5. The average molecular weight is 277 g/mol. The van der Waals surface area contributed by atoms with Crippen LogP contribution in [0.3, 0.4) is 0 Å². The second kappa shape index (κ2) is 5.42. The van der Waals surface area contributed by atoms with Gasteiger partial charge in [-0.3, -0.25) is 0 Å². The van der Waals surface area contributed by atoms with Gasteiger partial charge in [-0.2, -0.15) is 0 Å². The zero-order chi connectivity index (χ0) is 13.9. The fourth-order valence-corrected chi connectivity index (χ4v) is 2.70. The second-order valence-corrected chi connectivity index (χ2v) is 6.01. The first-order valence-corrected chi connectivity index (χ1v) is 7.30. The predicted molar refractivity (Wildman–Crippen MR) is 73.3 cm³/mol. The summed E-state index contributed by atoms with van der Waals surface area (Å²) in [5.74, 6) is 0.0397. The minimum absolute atomic E-state index is 0.0397. The van der Waals surface area contributed by atoms with Crippen molar-refractivity contribution in [2.45, 2.75) is 18.4 Å². The molecule has 2 N–H and O–H groups in total. The molecular formula is C14H15NO3S. The summed E-state index contributed by atoms with van der Waals surface area (Å²) in [5, 5.41) is 9.15. The summed E-state index contributed by atoms with van der Waals surface area (Å²) < 4.78 is 26.6. The van der Waals surface area contributed by atoms with Crippen LogP contribution in [-0.4, -0.2) is 13.5 Å². The molecule has 19 heavy (non-hydrogen) atoms. The van der Waals surface area contributed by atoms with Crippen LogP contribution in [0.5, 0.6) is 5.75 Å². The maximum Gasteiger partial charge on any atom is 0.240 e. The first kappa shape index (κ1) is 13.6. The van der Waals surface area contributed by atoms with Gasteiger partial charge in [0.25, 0.3) is 0 Å². The van der Waals surface area contributed by atoms with Gasteiger partial charge in [-0.1, -0.05) is 24.3 Å². The fraction of sp³-hybridized carbons (Fsp3) is 0.143. The van der Waals surface area contributed by atoms with Crippen LogP contribution in [0.2, 0.25) is 0 Å². The molecule has 0 atom stereocenters. The van der Waals surface area contributed by atoms with Crippen LogP contribution in [0.15, 0.2) is 53.4 Å². The Balaban J connectivity index is 2.14. The van der Waals surface area contributed by atoms with Crippen LogP contribution in [0.1, 0.15) is 11.1 Å². The van der Waals surface area contributed by atoms with Gasteiger partial charge >= 0.3 is 0 Å². The van der Waals surface area contributed by atoms with Gasteiger partial charge in [0.15, 0.2) is 0 Å². The van der Waals surface area contributed by atoms with E-state index in [1.165, 1.54) is 24.3 Å². The van der Waals surface area contributed by atoms with Crippen LogP contribution in [0.25, 0.3) is 0 Å². The van der Waals surface area contributed by atoms with Crippen LogP contribution in [0, 0.1) is 6.92 Å². The third kappa shape index (κ3) is 3.33. The molecule has 0 saturated carbocycles. The maximum absolute atomic E-state index is 12.0. The number of benzene rings is 2. The molecule has 2 aromatic rings. The summed E-state index contributed by atoms with van der Waals surface area (Å²) >= 11 is 0. The molecule has 0 aliphatic rings. The third-order valence-corrected chi connectivity index (χ3v) is 4.28. The molecule has 2 rings (SSSR count). The van der Waals surface area contributed by atoms with Crippen molar-refractivity contribution in [3.63, 3.8) is 0 Å². The lowest BCUT2D eigenvalue weighted by Crippen LogP contribution is -2.23. The number of hydrogen-bond donors (Lipinski definition) is 2. The quantitative estimate of drug-likeness (QED) is 0.900. The van der Waals surface area contributed by atoms with E-state index in [2.05, 4.69) is 4.72 Å².